The summed E-state index contributed by atoms with van der Waals surface area (Å²) >= 11 is 9.24. The standard InChI is InChI=1S/C12H11BrClNO4/c13-6-1-2-7(14)8(5-6)15-11(16)9-3-4-10(19-9)12(17)18/h1-2,5,9-10H,3-4H2,(H,15,16)(H,17,18). The lowest BCUT2D eigenvalue weighted by Gasteiger charge is -2.13. The SMILES string of the molecule is O=C(O)C1CCC(C(=O)Nc2cc(Br)ccc2Cl)O1. The van der Waals surface area contributed by atoms with Crippen molar-refractivity contribution in [1.82, 2.24) is 0 Å². The molecule has 0 saturated carbocycles. The van der Waals surface area contributed by atoms with E-state index in [0.29, 0.717) is 23.6 Å². The van der Waals surface area contributed by atoms with E-state index in [9.17, 15) is 9.59 Å². The third-order valence-electron chi connectivity index (χ3n) is 2.77. The van der Waals surface area contributed by atoms with Gasteiger partial charge in [0.15, 0.2) is 6.10 Å². The zero-order valence-corrected chi connectivity index (χ0v) is 12.1. The minimum atomic E-state index is -1.05. The number of benzene rings is 1. The predicted molar refractivity (Wildman–Crippen MR) is 73.3 cm³/mol. The Morgan fingerprint density at radius 2 is 2.05 bits per heavy atom. The Morgan fingerprint density at radius 3 is 2.68 bits per heavy atom. The van der Waals surface area contributed by atoms with Crippen LogP contribution in [0.1, 0.15) is 12.8 Å². The fourth-order valence-electron chi connectivity index (χ4n) is 1.82. The van der Waals surface area contributed by atoms with Gasteiger partial charge in [-0.15, -0.1) is 0 Å². The second-order valence-electron chi connectivity index (χ2n) is 4.14. The molecule has 1 aliphatic rings. The number of aliphatic carboxylic acids is 1. The Kier molecular flexibility index (Phi) is 4.44. The second-order valence-corrected chi connectivity index (χ2v) is 5.47. The normalized spacial score (nSPS) is 22.2. The first-order chi connectivity index (χ1) is 8.97. The highest BCUT2D eigenvalue weighted by molar-refractivity contribution is 9.10. The van der Waals surface area contributed by atoms with Gasteiger partial charge in [0, 0.05) is 4.47 Å². The quantitative estimate of drug-likeness (QED) is 0.880. The van der Waals surface area contributed by atoms with Gasteiger partial charge in [0.2, 0.25) is 0 Å². The zero-order chi connectivity index (χ0) is 14.0. The summed E-state index contributed by atoms with van der Waals surface area (Å²) in [6.45, 7) is 0. The van der Waals surface area contributed by atoms with Gasteiger partial charge in [-0.05, 0) is 31.0 Å². The van der Waals surface area contributed by atoms with Crippen LogP contribution in [-0.2, 0) is 14.3 Å². The van der Waals surface area contributed by atoms with Gasteiger partial charge in [-0.3, -0.25) is 4.79 Å². The van der Waals surface area contributed by atoms with Crippen LogP contribution in [0.3, 0.4) is 0 Å². The summed E-state index contributed by atoms with van der Waals surface area (Å²) in [5.74, 6) is -1.43. The molecule has 1 fully saturated rings. The van der Waals surface area contributed by atoms with Crippen LogP contribution in [0, 0.1) is 0 Å². The average Bonchev–Trinajstić information content (AvgIpc) is 2.83. The number of anilines is 1. The van der Waals surface area contributed by atoms with Crippen molar-refractivity contribution < 1.29 is 19.4 Å². The first-order valence-electron chi connectivity index (χ1n) is 5.61. The second kappa shape index (κ2) is 5.90. The highest BCUT2D eigenvalue weighted by Crippen LogP contribution is 2.27. The van der Waals surface area contributed by atoms with Crippen LogP contribution in [0.5, 0.6) is 0 Å². The van der Waals surface area contributed by atoms with Gasteiger partial charge < -0.3 is 15.2 Å². The maximum absolute atomic E-state index is 11.9. The Morgan fingerprint density at radius 1 is 1.37 bits per heavy atom. The predicted octanol–water partition coefficient (Wildman–Crippen LogP) is 2.67. The summed E-state index contributed by atoms with van der Waals surface area (Å²) in [6.07, 6.45) is -0.946. The Bertz CT molecular complexity index is 522. The van der Waals surface area contributed by atoms with Crippen molar-refractivity contribution in [3.05, 3.63) is 27.7 Å². The van der Waals surface area contributed by atoms with Crippen LogP contribution in [-0.4, -0.2) is 29.2 Å². The molecule has 1 aliphatic heterocycles. The molecular formula is C12H11BrClNO4. The van der Waals surface area contributed by atoms with Gasteiger partial charge in [-0.2, -0.15) is 0 Å². The molecule has 2 unspecified atom stereocenters. The fourth-order valence-corrected chi connectivity index (χ4v) is 2.34. The number of carboxylic acids is 1. The molecule has 0 aromatic heterocycles. The van der Waals surface area contributed by atoms with Gasteiger partial charge in [0.1, 0.15) is 6.10 Å². The van der Waals surface area contributed by atoms with Crippen molar-refractivity contribution in [2.75, 3.05) is 5.32 Å². The van der Waals surface area contributed by atoms with E-state index < -0.39 is 18.2 Å². The number of nitrogens with one attached hydrogen (secondary N) is 1. The number of carbonyl (C=O) groups is 2. The van der Waals surface area contributed by atoms with Gasteiger partial charge in [-0.25, -0.2) is 4.79 Å². The van der Waals surface area contributed by atoms with Gasteiger partial charge in [0.05, 0.1) is 10.7 Å². The molecular weight excluding hydrogens is 337 g/mol. The first kappa shape index (κ1) is 14.3. The molecule has 0 radical (unpaired) electrons. The van der Waals surface area contributed by atoms with Gasteiger partial charge in [0.25, 0.3) is 5.91 Å². The molecule has 2 rings (SSSR count). The van der Waals surface area contributed by atoms with Crippen molar-refractivity contribution in [2.45, 2.75) is 25.0 Å². The lowest BCUT2D eigenvalue weighted by Crippen LogP contribution is -2.30. The van der Waals surface area contributed by atoms with Crippen LogP contribution >= 0.6 is 27.5 Å². The molecule has 1 saturated heterocycles. The summed E-state index contributed by atoms with van der Waals surface area (Å²) in [4.78, 5) is 22.7. The number of rotatable bonds is 3. The van der Waals surface area contributed by atoms with Crippen LogP contribution in [0.15, 0.2) is 22.7 Å². The topological polar surface area (TPSA) is 75.6 Å². The van der Waals surface area contributed by atoms with Gasteiger partial charge in [-0.1, -0.05) is 27.5 Å². The highest BCUT2D eigenvalue weighted by atomic mass is 79.9. The molecule has 19 heavy (non-hydrogen) atoms. The number of carbonyl (C=O) groups excluding carboxylic acids is 1. The van der Waals surface area contributed by atoms with Crippen LogP contribution < -0.4 is 5.32 Å². The van der Waals surface area contributed by atoms with Crippen LogP contribution in [0.25, 0.3) is 0 Å². The number of halogens is 2. The molecule has 0 bridgehead atoms. The number of hydrogen-bond acceptors (Lipinski definition) is 3. The average molecular weight is 349 g/mol. The summed E-state index contributed by atoms with van der Waals surface area (Å²) in [5, 5.41) is 11.8. The van der Waals surface area contributed by atoms with Crippen molar-refractivity contribution >= 4 is 45.1 Å². The molecule has 102 valence electrons. The van der Waals surface area contributed by atoms with E-state index in [2.05, 4.69) is 21.2 Å². The van der Waals surface area contributed by atoms with Crippen molar-refractivity contribution in [3.63, 3.8) is 0 Å². The number of ether oxygens (including phenoxy) is 1. The third-order valence-corrected chi connectivity index (χ3v) is 3.60. The monoisotopic (exact) mass is 347 g/mol. The fraction of sp³-hybridized carbons (Fsp3) is 0.333. The minimum Gasteiger partial charge on any atom is -0.479 e. The first-order valence-corrected chi connectivity index (χ1v) is 6.78. The van der Waals surface area contributed by atoms with E-state index in [1.807, 2.05) is 0 Å². The Labute approximate surface area is 123 Å². The van der Waals surface area contributed by atoms with E-state index in [-0.39, 0.29) is 5.91 Å². The van der Waals surface area contributed by atoms with Crippen molar-refractivity contribution in [2.24, 2.45) is 0 Å². The summed E-state index contributed by atoms with van der Waals surface area (Å²) in [5.41, 5.74) is 0.461. The van der Waals surface area contributed by atoms with Crippen molar-refractivity contribution in [1.29, 1.82) is 0 Å². The van der Waals surface area contributed by atoms with E-state index in [0.717, 1.165) is 4.47 Å². The minimum absolute atomic E-state index is 0.333. The number of amides is 1. The number of hydrogen-bond donors (Lipinski definition) is 2. The van der Waals surface area contributed by atoms with Gasteiger partial charge >= 0.3 is 5.97 Å². The van der Waals surface area contributed by atoms with E-state index >= 15 is 0 Å². The molecule has 0 spiro atoms. The molecule has 0 aliphatic carbocycles. The molecule has 1 aromatic rings. The molecule has 1 amide bonds. The lowest BCUT2D eigenvalue weighted by molar-refractivity contribution is -0.150. The maximum Gasteiger partial charge on any atom is 0.332 e. The van der Waals surface area contributed by atoms with Crippen LogP contribution in [0.4, 0.5) is 5.69 Å². The molecule has 5 nitrogen and oxygen atoms in total. The molecule has 1 aromatic carbocycles. The molecule has 2 atom stereocenters. The van der Waals surface area contributed by atoms with Crippen molar-refractivity contribution in [3.8, 4) is 0 Å². The largest absolute Gasteiger partial charge is 0.479 e. The molecule has 7 heteroatoms. The number of carboxylic acid groups (broad SMARTS) is 1. The third kappa shape index (κ3) is 3.46. The molecule has 1 heterocycles. The van der Waals surface area contributed by atoms with E-state index in [1.54, 1.807) is 18.2 Å². The zero-order valence-electron chi connectivity index (χ0n) is 9.73. The van der Waals surface area contributed by atoms with E-state index in [1.165, 1.54) is 0 Å². The smallest absolute Gasteiger partial charge is 0.332 e. The summed E-state index contributed by atoms with van der Waals surface area (Å²) in [7, 11) is 0. The Hall–Kier alpha value is -1.11. The van der Waals surface area contributed by atoms with E-state index in [4.69, 9.17) is 21.4 Å². The lowest BCUT2D eigenvalue weighted by atomic mass is 10.2. The highest BCUT2D eigenvalue weighted by Gasteiger charge is 2.34. The summed E-state index contributed by atoms with van der Waals surface area (Å²) in [6, 6.07) is 5.07. The Balaban J connectivity index is 2.02. The maximum atomic E-state index is 11.9. The van der Waals surface area contributed by atoms with Crippen LogP contribution in [0.2, 0.25) is 5.02 Å². The molecule has 2 N–H and O–H groups in total. The summed E-state index contributed by atoms with van der Waals surface area (Å²) < 4.78 is 5.94.